The average Bonchev–Trinajstić information content (AvgIpc) is 3.24. The average molecular weight is 490 g/mol. The number of hydrogen-bond donors (Lipinski definition) is 3. The zero-order chi connectivity index (χ0) is 22.9. The van der Waals surface area contributed by atoms with Crippen LogP contribution in [0.25, 0.3) is 0 Å². The lowest BCUT2D eigenvalue weighted by atomic mass is 10.1. The first-order valence-corrected chi connectivity index (χ1v) is 10.7. The molecule has 1 aromatic carbocycles. The molecule has 2 atom stereocenters. The largest absolute Gasteiger partial charge is 0.491 e. The third-order valence-corrected chi connectivity index (χ3v) is 5.26. The topological polar surface area (TPSA) is 130 Å². The Morgan fingerprint density at radius 2 is 1.58 bits per heavy atom. The van der Waals surface area contributed by atoms with Crippen molar-refractivity contribution in [3.8, 4) is 5.75 Å². The van der Waals surface area contributed by atoms with Crippen LogP contribution in [0.4, 0.5) is 0 Å². The molecule has 3 rings (SSSR count). The fourth-order valence-corrected chi connectivity index (χ4v) is 3.57. The lowest BCUT2D eigenvalue weighted by Crippen LogP contribution is -2.47. The molecule has 1 saturated heterocycles. The monoisotopic (exact) mass is 489 g/mol. The Balaban J connectivity index is 0.00000385. The Morgan fingerprint density at radius 3 is 2.18 bits per heavy atom. The minimum absolute atomic E-state index is 0. The van der Waals surface area contributed by atoms with Crippen molar-refractivity contribution >= 4 is 24.2 Å². The van der Waals surface area contributed by atoms with Crippen LogP contribution in [0.2, 0.25) is 0 Å². The number of nitrogens with zero attached hydrogens (tertiary/aromatic N) is 2. The minimum atomic E-state index is -1.29. The molecule has 0 bridgehead atoms. The van der Waals surface area contributed by atoms with E-state index in [1.807, 2.05) is 7.05 Å². The number of carbonyl (C=O) groups excluding carboxylic acids is 2. The van der Waals surface area contributed by atoms with Gasteiger partial charge in [0.05, 0.1) is 56.8 Å². The van der Waals surface area contributed by atoms with Gasteiger partial charge in [-0.25, -0.2) is 0 Å². The van der Waals surface area contributed by atoms with E-state index in [-0.39, 0.29) is 36.7 Å². The van der Waals surface area contributed by atoms with Gasteiger partial charge in [-0.2, -0.15) is 5.06 Å². The van der Waals surface area contributed by atoms with Crippen LogP contribution in [-0.2, 0) is 14.2 Å². The number of amides is 2. The summed E-state index contributed by atoms with van der Waals surface area (Å²) in [6, 6.07) is 3.89. The number of ether oxygens (including phenoxy) is 4. The van der Waals surface area contributed by atoms with Crippen molar-refractivity contribution in [1.82, 2.24) is 15.3 Å². The number of imide groups is 1. The Labute approximate surface area is 198 Å². The number of hydrogen-bond acceptors (Lipinski definition) is 10. The first kappa shape index (κ1) is 27.4. The van der Waals surface area contributed by atoms with Crippen LogP contribution in [0, 0.1) is 0 Å². The van der Waals surface area contributed by atoms with Crippen LogP contribution < -0.4 is 10.1 Å². The van der Waals surface area contributed by atoms with E-state index in [4.69, 9.17) is 18.9 Å². The molecule has 1 fully saturated rings. The van der Waals surface area contributed by atoms with Gasteiger partial charge in [-0.1, -0.05) is 0 Å². The first-order valence-electron chi connectivity index (χ1n) is 10.7. The van der Waals surface area contributed by atoms with Gasteiger partial charge >= 0.3 is 0 Å². The van der Waals surface area contributed by atoms with Crippen LogP contribution in [0.5, 0.6) is 5.75 Å². The maximum atomic E-state index is 12.8. The molecule has 11 nitrogen and oxygen atoms in total. The van der Waals surface area contributed by atoms with Gasteiger partial charge in [-0.3, -0.25) is 14.5 Å². The molecule has 2 aliphatic rings. The summed E-state index contributed by atoms with van der Waals surface area (Å²) in [5.41, 5.74) is 0.483. The van der Waals surface area contributed by atoms with Crippen molar-refractivity contribution in [2.24, 2.45) is 0 Å². The van der Waals surface area contributed by atoms with Gasteiger partial charge in [0, 0.05) is 13.1 Å². The third kappa shape index (κ3) is 7.08. The van der Waals surface area contributed by atoms with E-state index in [0.29, 0.717) is 51.8 Å². The normalized spacial score (nSPS) is 20.3. The third-order valence-electron chi connectivity index (χ3n) is 5.26. The number of benzene rings is 1. The quantitative estimate of drug-likeness (QED) is 0.245. The molecule has 33 heavy (non-hydrogen) atoms. The molecule has 12 heteroatoms. The molecule has 0 saturated carbocycles. The number of nitrogens with one attached hydrogen (secondary N) is 1. The summed E-state index contributed by atoms with van der Waals surface area (Å²) in [6.45, 7) is 4.20. The molecule has 2 aliphatic heterocycles. The molecule has 2 amide bonds. The first-order chi connectivity index (χ1) is 15.5. The molecule has 2 heterocycles. The second-order valence-electron chi connectivity index (χ2n) is 7.41. The summed E-state index contributed by atoms with van der Waals surface area (Å²) in [4.78, 5) is 26.4. The van der Waals surface area contributed by atoms with Crippen molar-refractivity contribution in [1.29, 1.82) is 0 Å². The molecule has 1 aromatic rings. The molecule has 3 N–H and O–H groups in total. The molecule has 0 spiro atoms. The van der Waals surface area contributed by atoms with Crippen LogP contribution >= 0.6 is 12.4 Å². The summed E-state index contributed by atoms with van der Waals surface area (Å²) in [5.74, 6) is -0.536. The van der Waals surface area contributed by atoms with E-state index < -0.39 is 24.1 Å². The second kappa shape index (κ2) is 13.8. The number of aliphatic hydroxyl groups excluding tert-OH is 1. The maximum absolute atomic E-state index is 12.8. The minimum Gasteiger partial charge on any atom is -0.491 e. The molecular formula is C21H32ClN3O8. The van der Waals surface area contributed by atoms with Crippen LogP contribution in [-0.4, -0.2) is 111 Å². The number of rotatable bonds is 14. The number of halogens is 1. The van der Waals surface area contributed by atoms with E-state index in [0.717, 1.165) is 16.5 Å². The molecule has 0 aromatic heterocycles. The van der Waals surface area contributed by atoms with E-state index in [2.05, 4.69) is 5.32 Å². The van der Waals surface area contributed by atoms with Crippen LogP contribution in [0.3, 0.4) is 0 Å². The standard InChI is InChI=1S/C21H31N3O8.ClH/c1-22-5-7-29-8-9-30-10-11-31-12-13-32-15-2-3-16-17(14-15)20(26)24(19(16)25)18-4-6-23(28)21(18)27;/h2-3,14,18,21-22,27-28H,4-13H2,1H3;1H. The summed E-state index contributed by atoms with van der Waals surface area (Å²) < 4.78 is 21.8. The Morgan fingerprint density at radius 1 is 0.970 bits per heavy atom. The molecular weight excluding hydrogens is 458 g/mol. The Kier molecular flexibility index (Phi) is 11.4. The number of fused-ring (bicyclic) bond motifs is 1. The summed E-state index contributed by atoms with van der Waals surface area (Å²) >= 11 is 0. The van der Waals surface area contributed by atoms with Gasteiger partial charge in [0.1, 0.15) is 18.6 Å². The van der Waals surface area contributed by atoms with Gasteiger partial charge in [0.15, 0.2) is 0 Å². The lowest BCUT2D eigenvalue weighted by Gasteiger charge is -2.25. The van der Waals surface area contributed by atoms with Crippen molar-refractivity contribution in [2.45, 2.75) is 18.7 Å². The highest BCUT2D eigenvalue weighted by atomic mass is 35.5. The van der Waals surface area contributed by atoms with Crippen molar-refractivity contribution in [2.75, 3.05) is 66.4 Å². The smallest absolute Gasteiger partial charge is 0.262 e. The summed E-state index contributed by atoms with van der Waals surface area (Å²) in [7, 11) is 1.87. The second-order valence-corrected chi connectivity index (χ2v) is 7.41. The number of hydroxylamine groups is 2. The predicted molar refractivity (Wildman–Crippen MR) is 119 cm³/mol. The Bertz CT molecular complexity index is 784. The highest BCUT2D eigenvalue weighted by Gasteiger charge is 2.46. The van der Waals surface area contributed by atoms with Gasteiger partial charge in [-0.15, -0.1) is 12.4 Å². The van der Waals surface area contributed by atoms with Gasteiger partial charge in [0.2, 0.25) is 0 Å². The van der Waals surface area contributed by atoms with Crippen molar-refractivity contribution < 1.29 is 38.9 Å². The zero-order valence-corrected chi connectivity index (χ0v) is 19.4. The van der Waals surface area contributed by atoms with Crippen molar-refractivity contribution in [3.05, 3.63) is 29.3 Å². The highest BCUT2D eigenvalue weighted by Crippen LogP contribution is 2.32. The highest BCUT2D eigenvalue weighted by molar-refractivity contribution is 6.21. The van der Waals surface area contributed by atoms with Crippen LogP contribution in [0.15, 0.2) is 18.2 Å². The van der Waals surface area contributed by atoms with E-state index in [9.17, 15) is 19.9 Å². The van der Waals surface area contributed by atoms with E-state index >= 15 is 0 Å². The predicted octanol–water partition coefficient (Wildman–Crippen LogP) is 0.134. The number of likely N-dealkylation sites (N-methyl/N-ethyl adjacent to an activating group) is 1. The number of carbonyl (C=O) groups is 2. The maximum Gasteiger partial charge on any atom is 0.262 e. The van der Waals surface area contributed by atoms with E-state index in [1.165, 1.54) is 12.1 Å². The molecule has 186 valence electrons. The molecule has 0 radical (unpaired) electrons. The fraction of sp³-hybridized carbons (Fsp3) is 0.619. The van der Waals surface area contributed by atoms with Crippen LogP contribution in [0.1, 0.15) is 27.1 Å². The van der Waals surface area contributed by atoms with E-state index in [1.54, 1.807) is 6.07 Å². The SMILES string of the molecule is CNCCOCCOCCOCCOc1ccc2c(c1)C(=O)N(C1CCN(O)C1O)C2=O.Cl. The van der Waals surface area contributed by atoms with Gasteiger partial charge in [0.25, 0.3) is 11.8 Å². The molecule has 0 aliphatic carbocycles. The van der Waals surface area contributed by atoms with Gasteiger partial charge in [-0.05, 0) is 31.7 Å². The molecule has 2 unspecified atom stereocenters. The summed E-state index contributed by atoms with van der Waals surface area (Å²) in [6.07, 6.45) is -0.989. The Hall–Kier alpha value is -1.83. The van der Waals surface area contributed by atoms with Gasteiger partial charge < -0.3 is 34.6 Å². The lowest BCUT2D eigenvalue weighted by molar-refractivity contribution is -0.179. The number of aliphatic hydroxyl groups is 1. The fourth-order valence-electron chi connectivity index (χ4n) is 3.57. The summed E-state index contributed by atoms with van der Waals surface area (Å²) in [5, 5.41) is 23.4. The zero-order valence-electron chi connectivity index (χ0n) is 18.6. The van der Waals surface area contributed by atoms with Crippen molar-refractivity contribution in [3.63, 3.8) is 0 Å².